The van der Waals surface area contributed by atoms with Gasteiger partial charge in [-0.2, -0.15) is 22.5 Å². The summed E-state index contributed by atoms with van der Waals surface area (Å²) in [6, 6.07) is 0. The van der Waals surface area contributed by atoms with Crippen molar-refractivity contribution in [1.82, 2.24) is 19.8 Å². The maximum Gasteiger partial charge on any atom is 0.471 e. The first-order valence-corrected chi connectivity index (χ1v) is 5.64. The van der Waals surface area contributed by atoms with Crippen molar-refractivity contribution in [2.24, 2.45) is 0 Å². The fourth-order valence-electron chi connectivity index (χ4n) is 0.930. The Morgan fingerprint density at radius 1 is 1.31 bits per heavy atom. The van der Waals surface area contributed by atoms with Crippen molar-refractivity contribution in [3.05, 3.63) is 10.5 Å². The molecule has 0 bridgehead atoms. The Morgan fingerprint density at radius 2 is 1.88 bits per heavy atom. The lowest BCUT2D eigenvalue weighted by Crippen LogP contribution is -2.29. The highest BCUT2D eigenvalue weighted by atomic mass is 32.2. The summed E-state index contributed by atoms with van der Waals surface area (Å²) in [5.74, 6) is -0.703. The van der Waals surface area contributed by atoms with Crippen molar-refractivity contribution >= 4 is 10.8 Å². The van der Waals surface area contributed by atoms with Crippen molar-refractivity contribution in [3.63, 3.8) is 0 Å². The van der Waals surface area contributed by atoms with Crippen LogP contribution in [0.5, 0.6) is 0 Å². The van der Waals surface area contributed by atoms with Crippen LogP contribution < -0.4 is 5.69 Å². The van der Waals surface area contributed by atoms with Crippen LogP contribution in [0, 0.1) is 0 Å². The highest BCUT2D eigenvalue weighted by Gasteiger charge is 2.36. The van der Waals surface area contributed by atoms with Gasteiger partial charge >= 0.3 is 11.2 Å². The van der Waals surface area contributed by atoms with E-state index in [1.807, 2.05) is 0 Å². The van der Waals surface area contributed by atoms with E-state index in [0.29, 0.717) is 0 Å². The molecule has 0 spiro atoms. The van der Waals surface area contributed by atoms with Gasteiger partial charge < -0.3 is 0 Å². The molecule has 1 atom stereocenters. The topological polar surface area (TPSA) is 69.8 Å². The van der Waals surface area contributed by atoms with E-state index in [1.165, 1.54) is 0 Å². The Bertz CT molecular complexity index is 438. The molecule has 0 saturated carbocycles. The predicted molar refractivity (Wildman–Crippen MR) is 49.0 cm³/mol. The number of nitrogens with zero attached hydrogens (tertiary/aromatic N) is 4. The molecule has 0 saturated heterocycles. The minimum atomic E-state index is -4.76. The largest absolute Gasteiger partial charge is 0.471 e. The summed E-state index contributed by atoms with van der Waals surface area (Å²) in [7, 11) is -2.98. The van der Waals surface area contributed by atoms with Gasteiger partial charge in [0.05, 0.1) is 12.3 Å². The minimum absolute atomic E-state index is 0.279. The summed E-state index contributed by atoms with van der Waals surface area (Å²) < 4.78 is 48.1. The van der Waals surface area contributed by atoms with E-state index in [1.54, 1.807) is 6.92 Å². The molecule has 0 fully saturated rings. The lowest BCUT2D eigenvalue weighted by Gasteiger charge is -2.04. The third-order valence-corrected chi connectivity index (χ3v) is 2.81. The van der Waals surface area contributed by atoms with E-state index in [2.05, 4.69) is 10.4 Å². The number of hydrogen-bond donors (Lipinski definition) is 0. The molecule has 1 aromatic rings. The highest BCUT2D eigenvalue weighted by molar-refractivity contribution is 7.85. The van der Waals surface area contributed by atoms with E-state index in [-0.39, 0.29) is 13.1 Å². The Hall–Kier alpha value is -1.19. The van der Waals surface area contributed by atoms with Crippen LogP contribution in [0.2, 0.25) is 0 Å². The van der Waals surface area contributed by atoms with E-state index < -0.39 is 27.8 Å². The zero-order chi connectivity index (χ0) is 12.3. The molecular formula is C6H9F3N4O2S. The summed E-state index contributed by atoms with van der Waals surface area (Å²) in [6.45, 7) is 1.56. The van der Waals surface area contributed by atoms with Gasteiger partial charge in [0.1, 0.15) is 10.8 Å². The number of halogens is 3. The Morgan fingerprint density at radius 3 is 2.31 bits per heavy atom. The Labute approximate surface area is 90.5 Å². The maximum atomic E-state index is 11.9. The van der Waals surface area contributed by atoms with Crippen LogP contribution in [0.25, 0.3) is 0 Å². The van der Waals surface area contributed by atoms with Crippen LogP contribution in [-0.4, -0.2) is 35.3 Å². The standard InChI is InChI=1S/C6H9F3N4O2S/c1-2-12-5(14)13(11-10-12)3-4-16(15)6(7,8)9/h2-4H2,1H3. The van der Waals surface area contributed by atoms with Crippen molar-refractivity contribution in [2.75, 3.05) is 5.75 Å². The Balaban J connectivity index is 2.66. The van der Waals surface area contributed by atoms with Crippen molar-refractivity contribution in [1.29, 1.82) is 0 Å². The molecule has 92 valence electrons. The minimum Gasteiger partial charge on any atom is -0.250 e. The molecule has 16 heavy (non-hydrogen) atoms. The first-order valence-electron chi connectivity index (χ1n) is 4.32. The second-order valence-electron chi connectivity index (χ2n) is 2.80. The van der Waals surface area contributed by atoms with Gasteiger partial charge in [-0.05, 0) is 17.4 Å². The number of alkyl halides is 3. The average molecular weight is 258 g/mol. The van der Waals surface area contributed by atoms with Gasteiger partial charge in [0.15, 0.2) is 0 Å². The van der Waals surface area contributed by atoms with Gasteiger partial charge in [-0.1, -0.05) is 0 Å². The van der Waals surface area contributed by atoms with Crippen LogP contribution in [0.3, 0.4) is 0 Å². The second kappa shape index (κ2) is 4.76. The zero-order valence-corrected chi connectivity index (χ0v) is 9.09. The molecule has 6 nitrogen and oxygen atoms in total. The third-order valence-electron chi connectivity index (χ3n) is 1.74. The predicted octanol–water partition coefficient (Wildman–Crippen LogP) is -0.272. The zero-order valence-electron chi connectivity index (χ0n) is 8.27. The fourth-order valence-corrected chi connectivity index (χ4v) is 1.50. The molecule has 0 aliphatic carbocycles. The lowest BCUT2D eigenvalue weighted by atomic mass is 10.7. The molecule has 10 heteroatoms. The quantitative estimate of drug-likeness (QED) is 0.745. The molecule has 0 amide bonds. The second-order valence-corrected chi connectivity index (χ2v) is 4.36. The molecule has 0 aromatic carbocycles. The van der Waals surface area contributed by atoms with Gasteiger partial charge in [-0.15, -0.1) is 0 Å². The van der Waals surface area contributed by atoms with Crippen LogP contribution in [0.1, 0.15) is 6.92 Å². The normalized spacial score (nSPS) is 14.0. The van der Waals surface area contributed by atoms with Gasteiger partial charge in [0.25, 0.3) is 0 Å². The Kier molecular flexibility index (Phi) is 3.83. The average Bonchev–Trinajstić information content (AvgIpc) is 2.54. The van der Waals surface area contributed by atoms with Crippen molar-refractivity contribution < 1.29 is 17.4 Å². The van der Waals surface area contributed by atoms with Crippen molar-refractivity contribution in [3.8, 4) is 0 Å². The third kappa shape index (κ3) is 2.90. The summed E-state index contributed by atoms with van der Waals surface area (Å²) in [5.41, 5.74) is -5.37. The number of aromatic nitrogens is 4. The van der Waals surface area contributed by atoms with Crippen LogP contribution in [0.15, 0.2) is 4.79 Å². The van der Waals surface area contributed by atoms with E-state index in [4.69, 9.17) is 0 Å². The van der Waals surface area contributed by atoms with E-state index in [9.17, 15) is 22.2 Å². The van der Waals surface area contributed by atoms with Gasteiger partial charge in [0, 0.05) is 6.54 Å². The summed E-state index contributed by atoms with van der Waals surface area (Å²) >= 11 is 0. The first kappa shape index (κ1) is 12.9. The monoisotopic (exact) mass is 258 g/mol. The molecule has 0 N–H and O–H groups in total. The van der Waals surface area contributed by atoms with Crippen LogP contribution in [-0.2, 0) is 23.9 Å². The number of rotatable bonds is 4. The molecule has 0 aliphatic rings. The molecule has 0 aliphatic heterocycles. The summed E-state index contributed by atoms with van der Waals surface area (Å²) in [5, 5.41) is 6.77. The summed E-state index contributed by atoms with van der Waals surface area (Å²) in [6.07, 6.45) is 0. The molecule has 1 unspecified atom stereocenters. The van der Waals surface area contributed by atoms with E-state index in [0.717, 1.165) is 9.36 Å². The maximum absolute atomic E-state index is 11.9. The SMILES string of the molecule is CCn1nnn(CCS(=O)C(F)(F)F)c1=O. The molecular weight excluding hydrogens is 249 g/mol. The molecule has 1 rings (SSSR count). The molecule has 1 heterocycles. The number of tetrazole rings is 1. The molecule has 0 radical (unpaired) electrons. The molecule has 1 aromatic heterocycles. The highest BCUT2D eigenvalue weighted by Crippen LogP contribution is 2.19. The summed E-state index contributed by atoms with van der Waals surface area (Å²) in [4.78, 5) is 11.3. The lowest BCUT2D eigenvalue weighted by molar-refractivity contribution is -0.0384. The fraction of sp³-hybridized carbons (Fsp3) is 0.833. The number of aryl methyl sites for hydroxylation is 2. The van der Waals surface area contributed by atoms with Gasteiger partial charge in [0.2, 0.25) is 0 Å². The van der Waals surface area contributed by atoms with Crippen LogP contribution >= 0.6 is 0 Å². The van der Waals surface area contributed by atoms with Crippen LogP contribution in [0.4, 0.5) is 13.2 Å². The van der Waals surface area contributed by atoms with Gasteiger partial charge in [-0.25, -0.2) is 4.79 Å². The van der Waals surface area contributed by atoms with Crippen molar-refractivity contribution in [2.45, 2.75) is 25.5 Å². The number of hydrogen-bond acceptors (Lipinski definition) is 4. The first-order chi connectivity index (χ1) is 7.36. The smallest absolute Gasteiger partial charge is 0.250 e. The van der Waals surface area contributed by atoms with E-state index >= 15 is 0 Å². The van der Waals surface area contributed by atoms with Gasteiger partial charge in [-0.3, -0.25) is 4.21 Å².